The maximum absolute atomic E-state index is 11.3. The first-order chi connectivity index (χ1) is 7.66. The number of aromatic amines is 1. The van der Waals surface area contributed by atoms with Gasteiger partial charge in [0.05, 0.1) is 11.9 Å². The quantitative estimate of drug-likeness (QED) is 0.878. The summed E-state index contributed by atoms with van der Waals surface area (Å²) < 4.78 is 0.542. The van der Waals surface area contributed by atoms with E-state index >= 15 is 0 Å². The van der Waals surface area contributed by atoms with Gasteiger partial charge in [-0.05, 0) is 34.7 Å². The zero-order valence-corrected chi connectivity index (χ0v) is 10.9. The average Bonchev–Trinajstić information content (AvgIpc) is 2.25. The molecule has 0 saturated heterocycles. The lowest BCUT2D eigenvalue weighted by atomic mass is 9.87. The summed E-state index contributed by atoms with van der Waals surface area (Å²) in [5.41, 5.74) is 0.608. The smallest absolute Gasteiger partial charge is 0.280 e. The summed E-state index contributed by atoms with van der Waals surface area (Å²) >= 11 is 3.28. The number of hydrogen-bond donors (Lipinski definition) is 2. The molecule has 2 atom stereocenters. The highest BCUT2D eigenvalue weighted by molar-refractivity contribution is 9.10. The molecule has 1 aromatic rings. The summed E-state index contributed by atoms with van der Waals surface area (Å²) in [5, 5.41) is 9.58. The van der Waals surface area contributed by atoms with Gasteiger partial charge in [-0.1, -0.05) is 19.8 Å². The molecule has 1 aliphatic rings. The summed E-state index contributed by atoms with van der Waals surface area (Å²) in [4.78, 5) is 11.3. The number of nitrogens with zero attached hydrogens (tertiary/aromatic N) is 1. The van der Waals surface area contributed by atoms with E-state index in [4.69, 9.17) is 0 Å². The van der Waals surface area contributed by atoms with Crippen LogP contribution in [0.15, 0.2) is 15.5 Å². The van der Waals surface area contributed by atoms with Gasteiger partial charge in [0.15, 0.2) is 0 Å². The van der Waals surface area contributed by atoms with Gasteiger partial charge in [0.1, 0.15) is 4.47 Å². The van der Waals surface area contributed by atoms with Crippen LogP contribution in [0.2, 0.25) is 0 Å². The van der Waals surface area contributed by atoms with Gasteiger partial charge in [-0.3, -0.25) is 4.79 Å². The topological polar surface area (TPSA) is 57.8 Å². The standard InChI is InChI=1S/C11H16BrN3O/c1-7-3-2-4-8(5-7)14-9-6-13-15-11(16)10(9)12/h6-8H,2-5H2,1H3,(H2,14,15,16). The van der Waals surface area contributed by atoms with E-state index in [1.54, 1.807) is 6.20 Å². The molecule has 2 unspecified atom stereocenters. The van der Waals surface area contributed by atoms with Crippen LogP contribution < -0.4 is 10.9 Å². The molecule has 5 heteroatoms. The van der Waals surface area contributed by atoms with E-state index in [-0.39, 0.29) is 5.56 Å². The molecule has 1 fully saturated rings. The van der Waals surface area contributed by atoms with Gasteiger partial charge in [0.2, 0.25) is 0 Å². The zero-order valence-electron chi connectivity index (χ0n) is 9.29. The number of aromatic nitrogens is 2. The van der Waals surface area contributed by atoms with Crippen molar-refractivity contribution in [2.75, 3.05) is 5.32 Å². The number of nitrogens with one attached hydrogen (secondary N) is 2. The van der Waals surface area contributed by atoms with Crippen molar-refractivity contribution >= 4 is 21.6 Å². The van der Waals surface area contributed by atoms with Gasteiger partial charge in [-0.2, -0.15) is 5.10 Å². The fraction of sp³-hybridized carbons (Fsp3) is 0.636. The normalized spacial score (nSPS) is 25.4. The Hall–Kier alpha value is -0.840. The predicted octanol–water partition coefficient (Wildman–Crippen LogP) is 2.52. The lowest BCUT2D eigenvalue weighted by Crippen LogP contribution is -2.27. The third-order valence-corrected chi connectivity index (χ3v) is 3.88. The van der Waals surface area contributed by atoms with E-state index in [1.807, 2.05) is 0 Å². The third kappa shape index (κ3) is 2.64. The number of halogens is 1. The van der Waals surface area contributed by atoms with Crippen LogP contribution in [0.5, 0.6) is 0 Å². The molecule has 1 aliphatic carbocycles. The minimum absolute atomic E-state index is 0.186. The molecule has 4 nitrogen and oxygen atoms in total. The molecule has 0 aromatic carbocycles. The highest BCUT2D eigenvalue weighted by Crippen LogP contribution is 2.27. The highest BCUT2D eigenvalue weighted by atomic mass is 79.9. The first kappa shape index (κ1) is 11.6. The highest BCUT2D eigenvalue weighted by Gasteiger charge is 2.19. The van der Waals surface area contributed by atoms with Gasteiger partial charge in [-0.25, -0.2) is 5.10 Å². The van der Waals surface area contributed by atoms with Crippen molar-refractivity contribution in [1.29, 1.82) is 0 Å². The lowest BCUT2D eigenvalue weighted by Gasteiger charge is -2.28. The van der Waals surface area contributed by atoms with Crippen LogP contribution in [0.25, 0.3) is 0 Å². The van der Waals surface area contributed by atoms with E-state index in [2.05, 4.69) is 38.4 Å². The van der Waals surface area contributed by atoms with Crippen molar-refractivity contribution in [3.63, 3.8) is 0 Å². The SMILES string of the molecule is CC1CCCC(Nc2cn[nH]c(=O)c2Br)C1. The minimum atomic E-state index is -0.186. The Balaban J connectivity index is 2.08. The first-order valence-electron chi connectivity index (χ1n) is 5.66. The van der Waals surface area contributed by atoms with E-state index < -0.39 is 0 Å². The van der Waals surface area contributed by atoms with Crippen molar-refractivity contribution in [1.82, 2.24) is 10.2 Å². The summed E-state index contributed by atoms with van der Waals surface area (Å²) in [6.45, 7) is 2.28. The number of anilines is 1. The molecule has 16 heavy (non-hydrogen) atoms. The maximum Gasteiger partial charge on any atom is 0.280 e. The molecule has 2 N–H and O–H groups in total. The van der Waals surface area contributed by atoms with Crippen molar-refractivity contribution < 1.29 is 0 Å². The molecule has 0 bridgehead atoms. The van der Waals surface area contributed by atoms with Gasteiger partial charge in [0.25, 0.3) is 5.56 Å². The van der Waals surface area contributed by atoms with Crippen molar-refractivity contribution in [3.8, 4) is 0 Å². The fourth-order valence-electron chi connectivity index (χ4n) is 2.27. The average molecular weight is 286 g/mol. The largest absolute Gasteiger partial charge is 0.380 e. The monoisotopic (exact) mass is 285 g/mol. The van der Waals surface area contributed by atoms with Crippen molar-refractivity contribution in [3.05, 3.63) is 21.0 Å². The van der Waals surface area contributed by atoms with Gasteiger partial charge in [-0.15, -0.1) is 0 Å². The molecular weight excluding hydrogens is 270 g/mol. The van der Waals surface area contributed by atoms with Crippen LogP contribution >= 0.6 is 15.9 Å². The molecule has 1 saturated carbocycles. The molecule has 0 aliphatic heterocycles. The van der Waals surface area contributed by atoms with Crippen LogP contribution in [0, 0.1) is 5.92 Å². The molecule has 0 spiro atoms. The van der Waals surface area contributed by atoms with Crippen molar-refractivity contribution in [2.24, 2.45) is 5.92 Å². The Morgan fingerprint density at radius 1 is 1.56 bits per heavy atom. The third-order valence-electron chi connectivity index (χ3n) is 3.09. The molecule has 88 valence electrons. The number of rotatable bonds is 2. The summed E-state index contributed by atoms with van der Waals surface area (Å²) in [7, 11) is 0. The van der Waals surface area contributed by atoms with Crippen LogP contribution in [0.3, 0.4) is 0 Å². The molecule has 0 radical (unpaired) electrons. The first-order valence-corrected chi connectivity index (χ1v) is 6.46. The number of hydrogen-bond acceptors (Lipinski definition) is 3. The van der Waals surface area contributed by atoms with Gasteiger partial charge >= 0.3 is 0 Å². The second-order valence-corrected chi connectivity index (χ2v) is 5.33. The van der Waals surface area contributed by atoms with E-state index in [0.29, 0.717) is 10.5 Å². The molecule has 1 heterocycles. The Morgan fingerprint density at radius 3 is 3.12 bits per heavy atom. The van der Waals surface area contributed by atoms with Crippen LogP contribution in [-0.2, 0) is 0 Å². The van der Waals surface area contributed by atoms with E-state index in [9.17, 15) is 4.79 Å². The second-order valence-electron chi connectivity index (χ2n) is 4.54. The van der Waals surface area contributed by atoms with Crippen LogP contribution in [-0.4, -0.2) is 16.2 Å². The fourth-order valence-corrected chi connectivity index (χ4v) is 2.57. The summed E-state index contributed by atoms with van der Waals surface area (Å²) in [6.07, 6.45) is 6.56. The van der Waals surface area contributed by atoms with E-state index in [1.165, 1.54) is 25.7 Å². The van der Waals surface area contributed by atoms with E-state index in [0.717, 1.165) is 11.6 Å². The van der Waals surface area contributed by atoms with Gasteiger partial charge in [0, 0.05) is 6.04 Å². The molecule has 1 aromatic heterocycles. The van der Waals surface area contributed by atoms with Crippen LogP contribution in [0.1, 0.15) is 32.6 Å². The van der Waals surface area contributed by atoms with Crippen LogP contribution in [0.4, 0.5) is 5.69 Å². The molecule has 0 amide bonds. The zero-order chi connectivity index (χ0) is 11.5. The summed E-state index contributed by atoms with van der Waals surface area (Å²) in [6, 6.07) is 0.462. The number of H-pyrrole nitrogens is 1. The Kier molecular flexibility index (Phi) is 3.63. The minimum Gasteiger partial charge on any atom is -0.380 e. The predicted molar refractivity (Wildman–Crippen MR) is 67.6 cm³/mol. The van der Waals surface area contributed by atoms with Crippen molar-refractivity contribution in [2.45, 2.75) is 38.6 Å². The molecule has 2 rings (SSSR count). The Labute approximate surface area is 103 Å². The lowest BCUT2D eigenvalue weighted by molar-refractivity contribution is 0.358. The summed E-state index contributed by atoms with van der Waals surface area (Å²) in [5.74, 6) is 0.764. The Morgan fingerprint density at radius 2 is 2.38 bits per heavy atom. The maximum atomic E-state index is 11.3. The Bertz CT molecular complexity index is 418. The van der Waals surface area contributed by atoms with Gasteiger partial charge < -0.3 is 5.32 Å². The second kappa shape index (κ2) is 4.99. The molecular formula is C11H16BrN3O.